The number of hydrogen-bond acceptors (Lipinski definition) is 4. The van der Waals surface area contributed by atoms with Crippen LogP contribution in [0.25, 0.3) is 0 Å². The Kier molecular flexibility index (Phi) is 4.06. The number of nitrogens with one attached hydrogen (secondary N) is 1. The fourth-order valence-corrected chi connectivity index (χ4v) is 3.21. The highest BCUT2D eigenvalue weighted by Gasteiger charge is 2.36. The van der Waals surface area contributed by atoms with E-state index < -0.39 is 0 Å². The molecule has 4 rings (SSSR count). The lowest BCUT2D eigenvalue weighted by atomic mass is 10.1. The average molecular weight is 313 g/mol. The Labute approximate surface area is 136 Å². The summed E-state index contributed by atoms with van der Waals surface area (Å²) in [4.78, 5) is 22.3. The molecule has 0 spiro atoms. The number of hydroxylamine groups is 1. The second-order valence-electron chi connectivity index (χ2n) is 6.64. The first-order valence-electron chi connectivity index (χ1n) is 8.49. The Bertz CT molecular complexity index is 598. The van der Waals surface area contributed by atoms with E-state index in [0.29, 0.717) is 5.92 Å². The lowest BCUT2D eigenvalue weighted by molar-refractivity contribution is -0.133. The van der Waals surface area contributed by atoms with Gasteiger partial charge in [-0.2, -0.15) is 0 Å². The van der Waals surface area contributed by atoms with Crippen LogP contribution in [-0.4, -0.2) is 48.1 Å². The summed E-state index contributed by atoms with van der Waals surface area (Å²) in [6, 6.07) is 10.2. The van der Waals surface area contributed by atoms with E-state index in [1.54, 1.807) is 0 Å². The predicted molar refractivity (Wildman–Crippen MR) is 87.1 cm³/mol. The molecule has 1 saturated heterocycles. The van der Waals surface area contributed by atoms with Gasteiger partial charge < -0.3 is 9.74 Å². The van der Waals surface area contributed by atoms with Crippen molar-refractivity contribution in [3.05, 3.63) is 47.7 Å². The van der Waals surface area contributed by atoms with Gasteiger partial charge in [0, 0.05) is 25.6 Å². The summed E-state index contributed by atoms with van der Waals surface area (Å²) in [6.45, 7) is 3.46. The number of carbonyl (C=O) groups excluding carboxylic acids is 1. The van der Waals surface area contributed by atoms with Crippen LogP contribution >= 0.6 is 0 Å². The molecule has 1 aromatic carbocycles. The monoisotopic (exact) mass is 313 g/mol. The molecular formula is C18H23N3O2. The standard InChI is InChI=1S/C18H23N3O2/c22-18(16-12-17(23-19-16)15-6-7-15)21-11-10-20(13-21)9-8-14-4-2-1-3-5-14/h1-5,12,15-16,19H,6-11,13H2. The van der Waals surface area contributed by atoms with Crippen molar-refractivity contribution in [1.29, 1.82) is 0 Å². The smallest absolute Gasteiger partial charge is 0.248 e. The molecule has 23 heavy (non-hydrogen) atoms. The van der Waals surface area contributed by atoms with Crippen molar-refractivity contribution >= 4 is 5.91 Å². The van der Waals surface area contributed by atoms with Gasteiger partial charge in [0.2, 0.25) is 5.91 Å². The second-order valence-corrected chi connectivity index (χ2v) is 6.64. The maximum absolute atomic E-state index is 12.6. The Balaban J connectivity index is 1.27. The number of hydrogen-bond donors (Lipinski definition) is 1. The normalized spacial score (nSPS) is 24.6. The third kappa shape index (κ3) is 3.41. The van der Waals surface area contributed by atoms with Gasteiger partial charge in [-0.15, -0.1) is 5.48 Å². The largest absolute Gasteiger partial charge is 0.412 e. The van der Waals surface area contributed by atoms with E-state index in [0.717, 1.165) is 38.5 Å². The third-order valence-electron chi connectivity index (χ3n) is 4.81. The highest BCUT2D eigenvalue weighted by Crippen LogP contribution is 2.38. The Morgan fingerprint density at radius 3 is 2.83 bits per heavy atom. The number of amides is 1. The molecule has 1 aromatic rings. The van der Waals surface area contributed by atoms with E-state index in [4.69, 9.17) is 4.84 Å². The summed E-state index contributed by atoms with van der Waals surface area (Å²) in [7, 11) is 0. The van der Waals surface area contributed by atoms with Gasteiger partial charge in [0.15, 0.2) is 0 Å². The van der Waals surface area contributed by atoms with E-state index in [1.807, 2.05) is 17.0 Å². The van der Waals surface area contributed by atoms with Crippen LogP contribution in [0.4, 0.5) is 0 Å². The first kappa shape index (κ1) is 14.7. The zero-order valence-corrected chi connectivity index (χ0v) is 13.3. The summed E-state index contributed by atoms with van der Waals surface area (Å²) in [5, 5.41) is 0. The third-order valence-corrected chi connectivity index (χ3v) is 4.81. The molecule has 2 fully saturated rings. The topological polar surface area (TPSA) is 44.8 Å². The molecule has 1 unspecified atom stereocenters. The predicted octanol–water partition coefficient (Wildman–Crippen LogP) is 1.53. The lowest BCUT2D eigenvalue weighted by Crippen LogP contribution is -2.43. The maximum atomic E-state index is 12.6. The molecule has 2 aliphatic heterocycles. The minimum atomic E-state index is -0.306. The lowest BCUT2D eigenvalue weighted by Gasteiger charge is -2.20. The SMILES string of the molecule is O=C(C1C=C(C2CC2)ON1)N1CCN(CCc2ccccc2)C1. The average Bonchev–Trinajstić information content (AvgIpc) is 3.14. The van der Waals surface area contributed by atoms with Gasteiger partial charge in [0.05, 0.1) is 6.67 Å². The van der Waals surface area contributed by atoms with Gasteiger partial charge in [0.1, 0.15) is 11.8 Å². The minimum absolute atomic E-state index is 0.128. The fourth-order valence-electron chi connectivity index (χ4n) is 3.21. The van der Waals surface area contributed by atoms with Crippen molar-refractivity contribution in [2.45, 2.75) is 25.3 Å². The molecule has 0 bridgehead atoms. The van der Waals surface area contributed by atoms with E-state index in [-0.39, 0.29) is 11.9 Å². The molecule has 1 saturated carbocycles. The van der Waals surface area contributed by atoms with Gasteiger partial charge in [-0.1, -0.05) is 30.3 Å². The molecule has 0 radical (unpaired) electrons. The molecule has 1 amide bonds. The minimum Gasteiger partial charge on any atom is -0.412 e. The van der Waals surface area contributed by atoms with Crippen LogP contribution in [0.5, 0.6) is 0 Å². The summed E-state index contributed by atoms with van der Waals surface area (Å²) in [6.07, 6.45) is 5.36. The van der Waals surface area contributed by atoms with Crippen LogP contribution in [0.3, 0.4) is 0 Å². The van der Waals surface area contributed by atoms with Crippen LogP contribution in [0, 0.1) is 5.92 Å². The molecule has 122 valence electrons. The Morgan fingerprint density at radius 1 is 1.22 bits per heavy atom. The van der Waals surface area contributed by atoms with Crippen molar-refractivity contribution in [1.82, 2.24) is 15.3 Å². The summed E-state index contributed by atoms with van der Waals surface area (Å²) < 4.78 is 0. The molecule has 1 aliphatic carbocycles. The molecule has 5 heteroatoms. The zero-order valence-electron chi connectivity index (χ0n) is 13.3. The number of allylic oxidation sites excluding steroid dienone is 1. The van der Waals surface area contributed by atoms with E-state index >= 15 is 0 Å². The van der Waals surface area contributed by atoms with Crippen LogP contribution < -0.4 is 5.48 Å². The van der Waals surface area contributed by atoms with E-state index in [2.05, 4.69) is 34.6 Å². The molecular weight excluding hydrogens is 290 g/mol. The number of benzene rings is 1. The van der Waals surface area contributed by atoms with Crippen LogP contribution in [0.2, 0.25) is 0 Å². The van der Waals surface area contributed by atoms with E-state index in [9.17, 15) is 4.79 Å². The summed E-state index contributed by atoms with van der Waals surface area (Å²) in [5.74, 6) is 1.63. The second kappa shape index (κ2) is 6.34. The molecule has 0 aromatic heterocycles. The van der Waals surface area contributed by atoms with Gasteiger partial charge in [-0.25, -0.2) is 0 Å². The van der Waals surface area contributed by atoms with Crippen LogP contribution in [-0.2, 0) is 16.1 Å². The first-order chi connectivity index (χ1) is 11.3. The Hall–Kier alpha value is -1.85. The quantitative estimate of drug-likeness (QED) is 0.895. The van der Waals surface area contributed by atoms with Crippen molar-refractivity contribution < 1.29 is 9.63 Å². The van der Waals surface area contributed by atoms with Crippen LogP contribution in [0.15, 0.2) is 42.2 Å². The molecule has 1 N–H and O–H groups in total. The summed E-state index contributed by atoms with van der Waals surface area (Å²) >= 11 is 0. The molecule has 5 nitrogen and oxygen atoms in total. The summed E-state index contributed by atoms with van der Waals surface area (Å²) in [5.41, 5.74) is 4.22. The Morgan fingerprint density at radius 2 is 2.04 bits per heavy atom. The van der Waals surface area contributed by atoms with Crippen LogP contribution in [0.1, 0.15) is 18.4 Å². The van der Waals surface area contributed by atoms with E-state index in [1.165, 1.54) is 18.4 Å². The number of nitrogens with zero attached hydrogens (tertiary/aromatic N) is 2. The number of carbonyl (C=O) groups is 1. The first-order valence-corrected chi connectivity index (χ1v) is 8.49. The molecule has 3 aliphatic rings. The van der Waals surface area contributed by atoms with Crippen molar-refractivity contribution in [2.24, 2.45) is 5.92 Å². The highest BCUT2D eigenvalue weighted by molar-refractivity contribution is 5.84. The highest BCUT2D eigenvalue weighted by atomic mass is 16.7. The zero-order chi connectivity index (χ0) is 15.6. The van der Waals surface area contributed by atoms with Crippen molar-refractivity contribution in [3.8, 4) is 0 Å². The maximum Gasteiger partial charge on any atom is 0.248 e. The molecule has 2 heterocycles. The van der Waals surface area contributed by atoms with Gasteiger partial charge >= 0.3 is 0 Å². The van der Waals surface area contributed by atoms with Gasteiger partial charge in [-0.3, -0.25) is 9.69 Å². The van der Waals surface area contributed by atoms with Gasteiger partial charge in [0.25, 0.3) is 0 Å². The fraction of sp³-hybridized carbons (Fsp3) is 0.500. The van der Waals surface area contributed by atoms with Crippen molar-refractivity contribution in [2.75, 3.05) is 26.3 Å². The van der Waals surface area contributed by atoms with Gasteiger partial charge in [-0.05, 0) is 30.9 Å². The molecule has 1 atom stereocenters. The van der Waals surface area contributed by atoms with Crippen molar-refractivity contribution in [3.63, 3.8) is 0 Å². The number of rotatable bonds is 5.